The lowest BCUT2D eigenvalue weighted by atomic mass is 9.87. The maximum absolute atomic E-state index is 5.73. The van der Waals surface area contributed by atoms with Crippen molar-refractivity contribution in [2.24, 2.45) is 5.92 Å². The van der Waals surface area contributed by atoms with Crippen LogP contribution in [-0.4, -0.2) is 19.8 Å². The molecule has 1 atom stereocenters. The Bertz CT molecular complexity index is 429. The van der Waals surface area contributed by atoms with Gasteiger partial charge < -0.3 is 14.8 Å². The summed E-state index contributed by atoms with van der Waals surface area (Å²) in [6, 6.07) is 4.75. The van der Waals surface area contributed by atoms with Crippen molar-refractivity contribution >= 4 is 0 Å². The van der Waals surface area contributed by atoms with Gasteiger partial charge in [-0.15, -0.1) is 0 Å². The Balaban J connectivity index is 2.41. The maximum Gasteiger partial charge on any atom is 0.161 e. The lowest BCUT2D eigenvalue weighted by Gasteiger charge is -2.31. The van der Waals surface area contributed by atoms with E-state index >= 15 is 0 Å². The highest BCUT2D eigenvalue weighted by Gasteiger charge is 2.24. The first-order valence-corrected chi connectivity index (χ1v) is 7.33. The number of rotatable bonds is 5. The van der Waals surface area contributed by atoms with Gasteiger partial charge in [0.05, 0.1) is 13.2 Å². The fraction of sp³-hybridized carbons (Fsp3) is 0.625. The number of ether oxygens (including phenoxy) is 2. The predicted octanol–water partition coefficient (Wildman–Crippen LogP) is 3.33. The third kappa shape index (κ3) is 3.03. The van der Waals surface area contributed by atoms with E-state index in [1.54, 1.807) is 0 Å². The summed E-state index contributed by atoms with van der Waals surface area (Å²) in [7, 11) is 0. The van der Waals surface area contributed by atoms with E-state index in [1.807, 2.05) is 13.8 Å². The van der Waals surface area contributed by atoms with Crippen LogP contribution in [0.3, 0.4) is 0 Å². The number of nitrogens with one attached hydrogen (secondary N) is 1. The van der Waals surface area contributed by atoms with Crippen molar-refractivity contribution < 1.29 is 9.47 Å². The van der Waals surface area contributed by atoms with Gasteiger partial charge in [0.1, 0.15) is 0 Å². The van der Waals surface area contributed by atoms with Crippen molar-refractivity contribution in [1.29, 1.82) is 0 Å². The summed E-state index contributed by atoms with van der Waals surface area (Å²) in [5.74, 6) is 2.33. The molecular weight excluding hydrogens is 238 g/mol. The Morgan fingerprint density at radius 1 is 1.16 bits per heavy atom. The van der Waals surface area contributed by atoms with Crippen LogP contribution >= 0.6 is 0 Å². The summed E-state index contributed by atoms with van der Waals surface area (Å²) < 4.78 is 11.4. The standard InChI is InChI=1S/C16H25NO2/c1-5-18-14-9-12-7-8-17-16(11(3)4)13(12)10-15(14)19-6-2/h9-11,16-17H,5-8H2,1-4H3. The molecule has 1 unspecified atom stereocenters. The second-order valence-corrected chi connectivity index (χ2v) is 5.29. The van der Waals surface area contributed by atoms with Crippen LogP contribution in [0.25, 0.3) is 0 Å². The Morgan fingerprint density at radius 2 is 1.79 bits per heavy atom. The van der Waals surface area contributed by atoms with Gasteiger partial charge in [-0.05, 0) is 56.0 Å². The lowest BCUT2D eigenvalue weighted by Crippen LogP contribution is -2.33. The van der Waals surface area contributed by atoms with E-state index in [0.29, 0.717) is 25.2 Å². The van der Waals surface area contributed by atoms with Crippen molar-refractivity contribution in [3.05, 3.63) is 23.3 Å². The van der Waals surface area contributed by atoms with Gasteiger partial charge in [-0.2, -0.15) is 0 Å². The molecule has 1 N–H and O–H groups in total. The summed E-state index contributed by atoms with van der Waals surface area (Å²) in [5, 5.41) is 3.60. The average Bonchev–Trinajstić information content (AvgIpc) is 2.39. The summed E-state index contributed by atoms with van der Waals surface area (Å²) in [6.07, 6.45) is 1.06. The van der Waals surface area contributed by atoms with Gasteiger partial charge in [-0.25, -0.2) is 0 Å². The molecule has 1 aromatic rings. The molecule has 0 radical (unpaired) electrons. The monoisotopic (exact) mass is 263 g/mol. The van der Waals surface area contributed by atoms with Crippen LogP contribution in [0.4, 0.5) is 0 Å². The van der Waals surface area contributed by atoms with Gasteiger partial charge in [0.15, 0.2) is 11.5 Å². The highest BCUT2D eigenvalue weighted by molar-refractivity contribution is 5.49. The van der Waals surface area contributed by atoms with Crippen LogP contribution in [0.5, 0.6) is 11.5 Å². The lowest BCUT2D eigenvalue weighted by molar-refractivity contribution is 0.285. The normalized spacial score (nSPS) is 18.3. The number of fused-ring (bicyclic) bond motifs is 1. The molecule has 0 aromatic heterocycles. The van der Waals surface area contributed by atoms with Crippen LogP contribution in [0, 0.1) is 5.92 Å². The molecule has 0 spiro atoms. The van der Waals surface area contributed by atoms with Crippen molar-refractivity contribution in [1.82, 2.24) is 5.32 Å². The number of hydrogen-bond acceptors (Lipinski definition) is 3. The molecular formula is C16H25NO2. The summed E-state index contributed by atoms with van der Waals surface area (Å²) >= 11 is 0. The fourth-order valence-electron chi connectivity index (χ4n) is 2.73. The molecule has 19 heavy (non-hydrogen) atoms. The second-order valence-electron chi connectivity index (χ2n) is 5.29. The molecule has 0 bridgehead atoms. The Morgan fingerprint density at radius 3 is 2.37 bits per heavy atom. The molecule has 0 saturated carbocycles. The Labute approximate surface area is 116 Å². The summed E-state index contributed by atoms with van der Waals surface area (Å²) in [5.41, 5.74) is 2.76. The quantitative estimate of drug-likeness (QED) is 0.884. The molecule has 2 rings (SSSR count). The first-order valence-electron chi connectivity index (χ1n) is 7.33. The molecule has 1 aromatic carbocycles. The van der Waals surface area contributed by atoms with Crippen LogP contribution < -0.4 is 14.8 Å². The van der Waals surface area contributed by atoms with Crippen molar-refractivity contribution in [2.45, 2.75) is 40.2 Å². The number of hydrogen-bond donors (Lipinski definition) is 1. The average molecular weight is 263 g/mol. The van der Waals surface area contributed by atoms with Crippen molar-refractivity contribution in [3.63, 3.8) is 0 Å². The molecule has 0 amide bonds. The fourth-order valence-corrected chi connectivity index (χ4v) is 2.73. The van der Waals surface area contributed by atoms with Crippen LogP contribution in [0.2, 0.25) is 0 Å². The van der Waals surface area contributed by atoms with Crippen molar-refractivity contribution in [2.75, 3.05) is 19.8 Å². The van der Waals surface area contributed by atoms with Crippen molar-refractivity contribution in [3.8, 4) is 11.5 Å². The Hall–Kier alpha value is -1.22. The van der Waals surface area contributed by atoms with Crippen LogP contribution in [0.15, 0.2) is 12.1 Å². The van der Waals surface area contributed by atoms with E-state index in [1.165, 1.54) is 11.1 Å². The maximum atomic E-state index is 5.73. The summed E-state index contributed by atoms with van der Waals surface area (Å²) in [4.78, 5) is 0. The van der Waals surface area contributed by atoms with E-state index in [4.69, 9.17) is 9.47 Å². The van der Waals surface area contributed by atoms with E-state index in [0.717, 1.165) is 24.5 Å². The van der Waals surface area contributed by atoms with Gasteiger partial charge in [-0.1, -0.05) is 13.8 Å². The zero-order valence-electron chi connectivity index (χ0n) is 12.5. The van der Waals surface area contributed by atoms with E-state index in [2.05, 4.69) is 31.3 Å². The molecule has 0 fully saturated rings. The van der Waals surface area contributed by atoms with E-state index < -0.39 is 0 Å². The highest BCUT2D eigenvalue weighted by Crippen LogP contribution is 2.37. The predicted molar refractivity (Wildman–Crippen MR) is 78.1 cm³/mol. The third-order valence-corrected chi connectivity index (χ3v) is 3.57. The van der Waals surface area contributed by atoms with Gasteiger partial charge in [0.2, 0.25) is 0 Å². The van der Waals surface area contributed by atoms with E-state index in [-0.39, 0.29) is 0 Å². The topological polar surface area (TPSA) is 30.5 Å². The first-order chi connectivity index (χ1) is 9.17. The smallest absolute Gasteiger partial charge is 0.161 e. The van der Waals surface area contributed by atoms with E-state index in [9.17, 15) is 0 Å². The third-order valence-electron chi connectivity index (χ3n) is 3.57. The van der Waals surface area contributed by atoms with Gasteiger partial charge in [0.25, 0.3) is 0 Å². The molecule has 3 heteroatoms. The zero-order valence-corrected chi connectivity index (χ0v) is 12.5. The summed E-state index contributed by atoms with van der Waals surface area (Å²) in [6.45, 7) is 10.9. The van der Waals surface area contributed by atoms with Gasteiger partial charge >= 0.3 is 0 Å². The largest absolute Gasteiger partial charge is 0.490 e. The molecule has 0 saturated heterocycles. The minimum atomic E-state index is 0.415. The molecule has 1 aliphatic heterocycles. The highest BCUT2D eigenvalue weighted by atomic mass is 16.5. The molecule has 1 aliphatic rings. The van der Waals surface area contributed by atoms with Gasteiger partial charge in [0, 0.05) is 6.04 Å². The molecule has 3 nitrogen and oxygen atoms in total. The molecule has 1 heterocycles. The van der Waals surface area contributed by atoms with Crippen LogP contribution in [0.1, 0.15) is 44.9 Å². The zero-order chi connectivity index (χ0) is 13.8. The minimum Gasteiger partial charge on any atom is -0.490 e. The Kier molecular flexibility index (Phi) is 4.70. The molecule has 0 aliphatic carbocycles. The second kappa shape index (κ2) is 6.29. The first kappa shape index (κ1) is 14.2. The SMILES string of the molecule is CCOc1cc2c(cc1OCC)C(C(C)C)NCC2. The van der Waals surface area contributed by atoms with Crippen LogP contribution in [-0.2, 0) is 6.42 Å². The minimum absolute atomic E-state index is 0.415. The van der Waals surface area contributed by atoms with Gasteiger partial charge in [-0.3, -0.25) is 0 Å². The number of benzene rings is 1. The molecule has 106 valence electrons.